The third-order valence-corrected chi connectivity index (χ3v) is 3.83. The summed E-state index contributed by atoms with van der Waals surface area (Å²) in [6, 6.07) is 1.41. The molecule has 0 aliphatic carbocycles. The smallest absolute Gasteiger partial charge is 0.339 e. The van der Waals surface area contributed by atoms with Crippen LogP contribution in [0, 0.1) is 0 Å². The Bertz CT molecular complexity index is 788. The van der Waals surface area contributed by atoms with Crippen LogP contribution < -0.4 is 9.47 Å². The normalized spacial score (nSPS) is 10.3. The van der Waals surface area contributed by atoms with Crippen LogP contribution in [-0.4, -0.2) is 46.0 Å². The maximum Gasteiger partial charge on any atom is 0.339 e. The van der Waals surface area contributed by atoms with Gasteiger partial charge in [-0.2, -0.15) is 9.97 Å². The number of methoxy groups -OCH3 is 2. The van der Waals surface area contributed by atoms with Gasteiger partial charge in [-0.3, -0.25) is 4.79 Å². The molecular weight excluding hydrogens is 382 g/mol. The molecule has 126 valence electrons. The standard InChI is InChI=1S/C15H14BrN3O5/c1-4-7-6-17-13(16)11(15(21)22)10(7)12(20)14-18-8(23-2)5-9(19-14)24-3/h5-6H,4H2,1-3H3,(H,21,22). The molecule has 1 N–H and O–H groups in total. The fourth-order valence-corrected chi connectivity index (χ4v) is 2.55. The van der Waals surface area contributed by atoms with Crippen LogP contribution in [0.1, 0.15) is 39.0 Å². The van der Waals surface area contributed by atoms with Crippen molar-refractivity contribution < 1.29 is 24.2 Å². The number of nitrogens with zero attached hydrogens (tertiary/aromatic N) is 3. The molecule has 9 heteroatoms. The topological polar surface area (TPSA) is 112 Å². The fraction of sp³-hybridized carbons (Fsp3) is 0.267. The van der Waals surface area contributed by atoms with Gasteiger partial charge in [0, 0.05) is 11.8 Å². The molecule has 0 aliphatic rings. The molecule has 2 rings (SSSR count). The third kappa shape index (κ3) is 3.35. The molecule has 0 unspecified atom stereocenters. The molecule has 2 aromatic rings. The Labute approximate surface area is 146 Å². The average molecular weight is 396 g/mol. The van der Waals surface area contributed by atoms with Crippen LogP contribution in [0.15, 0.2) is 16.9 Å². The van der Waals surface area contributed by atoms with E-state index in [1.807, 2.05) is 0 Å². The minimum Gasteiger partial charge on any atom is -0.481 e. The van der Waals surface area contributed by atoms with E-state index < -0.39 is 11.8 Å². The molecule has 2 heterocycles. The molecule has 8 nitrogen and oxygen atoms in total. The lowest BCUT2D eigenvalue weighted by molar-refractivity contribution is 0.0691. The Kier molecular flexibility index (Phi) is 5.45. The second kappa shape index (κ2) is 7.35. The van der Waals surface area contributed by atoms with E-state index in [0.717, 1.165) is 0 Å². The number of hydrogen-bond acceptors (Lipinski definition) is 7. The predicted octanol–water partition coefficient (Wildman–Crippen LogP) is 2.14. The van der Waals surface area contributed by atoms with Crippen molar-refractivity contribution in [2.75, 3.05) is 14.2 Å². The van der Waals surface area contributed by atoms with Crippen molar-refractivity contribution in [3.05, 3.63) is 39.4 Å². The lowest BCUT2D eigenvalue weighted by atomic mass is 9.98. The summed E-state index contributed by atoms with van der Waals surface area (Å²) >= 11 is 3.07. The lowest BCUT2D eigenvalue weighted by Gasteiger charge is -2.12. The van der Waals surface area contributed by atoms with Crippen LogP contribution in [0.25, 0.3) is 0 Å². The van der Waals surface area contributed by atoms with Crippen molar-refractivity contribution in [2.45, 2.75) is 13.3 Å². The molecule has 0 atom stereocenters. The molecule has 0 fully saturated rings. The number of ether oxygens (including phenoxy) is 2. The zero-order valence-corrected chi connectivity index (χ0v) is 14.7. The zero-order chi connectivity index (χ0) is 17.9. The summed E-state index contributed by atoms with van der Waals surface area (Å²) in [7, 11) is 2.78. The molecule has 0 spiro atoms. The Morgan fingerprint density at radius 3 is 2.21 bits per heavy atom. The van der Waals surface area contributed by atoms with Crippen LogP contribution in [0.2, 0.25) is 0 Å². The number of aryl methyl sites for hydroxylation is 1. The second-order valence-electron chi connectivity index (χ2n) is 4.59. The highest BCUT2D eigenvalue weighted by atomic mass is 79.9. The Balaban J connectivity index is 2.70. The van der Waals surface area contributed by atoms with E-state index in [0.29, 0.717) is 12.0 Å². The number of carbonyl (C=O) groups is 2. The van der Waals surface area contributed by atoms with E-state index in [4.69, 9.17) is 9.47 Å². The number of carbonyl (C=O) groups excluding carboxylic acids is 1. The third-order valence-electron chi connectivity index (χ3n) is 3.23. The first kappa shape index (κ1) is 17.8. The minimum absolute atomic E-state index is 0.0119. The number of hydrogen-bond donors (Lipinski definition) is 1. The van der Waals surface area contributed by atoms with Crippen LogP contribution in [0.5, 0.6) is 11.8 Å². The van der Waals surface area contributed by atoms with Gasteiger partial charge in [0.2, 0.25) is 23.4 Å². The lowest BCUT2D eigenvalue weighted by Crippen LogP contribution is -2.17. The van der Waals surface area contributed by atoms with E-state index in [2.05, 4.69) is 30.9 Å². The Morgan fingerprint density at radius 2 is 1.75 bits per heavy atom. The van der Waals surface area contributed by atoms with Gasteiger partial charge >= 0.3 is 5.97 Å². The van der Waals surface area contributed by atoms with Crippen molar-refractivity contribution >= 4 is 27.7 Å². The maximum atomic E-state index is 12.9. The quantitative estimate of drug-likeness (QED) is 0.584. The summed E-state index contributed by atoms with van der Waals surface area (Å²) in [5, 5.41) is 9.45. The summed E-state index contributed by atoms with van der Waals surface area (Å²) in [4.78, 5) is 36.4. The number of pyridine rings is 1. The number of halogens is 1. The van der Waals surface area contributed by atoms with Gasteiger partial charge in [-0.05, 0) is 27.9 Å². The van der Waals surface area contributed by atoms with Crippen LogP contribution in [-0.2, 0) is 6.42 Å². The van der Waals surface area contributed by atoms with Crippen LogP contribution in [0.3, 0.4) is 0 Å². The van der Waals surface area contributed by atoms with E-state index in [1.54, 1.807) is 6.92 Å². The van der Waals surface area contributed by atoms with E-state index in [1.165, 1.54) is 26.5 Å². The predicted molar refractivity (Wildman–Crippen MR) is 86.8 cm³/mol. The number of ketones is 1. The van der Waals surface area contributed by atoms with Gasteiger partial charge in [0.25, 0.3) is 0 Å². The number of aromatic nitrogens is 3. The highest BCUT2D eigenvalue weighted by Gasteiger charge is 2.27. The molecule has 0 aromatic carbocycles. The summed E-state index contributed by atoms with van der Waals surface area (Å²) in [5.41, 5.74) is 0.234. The second-order valence-corrected chi connectivity index (χ2v) is 5.34. The van der Waals surface area contributed by atoms with Crippen molar-refractivity contribution in [3.8, 4) is 11.8 Å². The number of rotatable bonds is 6. The van der Waals surface area contributed by atoms with E-state index in [9.17, 15) is 14.7 Å². The van der Waals surface area contributed by atoms with Crippen molar-refractivity contribution in [3.63, 3.8) is 0 Å². The molecule has 0 aliphatic heterocycles. The molecule has 0 saturated heterocycles. The number of carboxylic acid groups (broad SMARTS) is 1. The van der Waals surface area contributed by atoms with Crippen LogP contribution in [0.4, 0.5) is 0 Å². The van der Waals surface area contributed by atoms with Crippen molar-refractivity contribution in [1.82, 2.24) is 15.0 Å². The number of carboxylic acids is 1. The Morgan fingerprint density at radius 1 is 1.17 bits per heavy atom. The maximum absolute atomic E-state index is 12.9. The molecular formula is C15H14BrN3O5. The molecule has 24 heavy (non-hydrogen) atoms. The van der Waals surface area contributed by atoms with E-state index >= 15 is 0 Å². The van der Waals surface area contributed by atoms with Gasteiger partial charge < -0.3 is 14.6 Å². The van der Waals surface area contributed by atoms with Gasteiger partial charge in [-0.25, -0.2) is 9.78 Å². The van der Waals surface area contributed by atoms with Gasteiger partial charge in [-0.1, -0.05) is 6.92 Å². The van der Waals surface area contributed by atoms with E-state index in [-0.39, 0.29) is 33.3 Å². The van der Waals surface area contributed by atoms with Gasteiger partial charge in [0.15, 0.2) is 0 Å². The summed E-state index contributed by atoms with van der Waals surface area (Å²) < 4.78 is 10.1. The summed E-state index contributed by atoms with van der Waals surface area (Å²) in [6.07, 6.45) is 1.86. The van der Waals surface area contributed by atoms with Crippen molar-refractivity contribution in [1.29, 1.82) is 0 Å². The SMILES string of the molecule is CCc1cnc(Br)c(C(=O)O)c1C(=O)c1nc(OC)cc(OC)n1. The largest absolute Gasteiger partial charge is 0.481 e. The first-order valence-corrected chi connectivity index (χ1v) is 7.64. The monoisotopic (exact) mass is 395 g/mol. The van der Waals surface area contributed by atoms with Gasteiger partial charge in [-0.15, -0.1) is 0 Å². The first-order valence-electron chi connectivity index (χ1n) is 6.85. The molecule has 0 radical (unpaired) electrons. The summed E-state index contributed by atoms with van der Waals surface area (Å²) in [6.45, 7) is 1.79. The molecule has 2 aromatic heterocycles. The molecule has 0 bridgehead atoms. The fourth-order valence-electron chi connectivity index (χ4n) is 2.08. The van der Waals surface area contributed by atoms with Gasteiger partial charge in [0.05, 0.1) is 20.3 Å². The zero-order valence-electron chi connectivity index (χ0n) is 13.2. The summed E-state index contributed by atoms with van der Waals surface area (Å²) in [5.74, 6) is -1.88. The first-order chi connectivity index (χ1) is 11.4. The average Bonchev–Trinajstić information content (AvgIpc) is 2.59. The van der Waals surface area contributed by atoms with Crippen LogP contribution >= 0.6 is 15.9 Å². The molecule has 0 saturated carbocycles. The highest BCUT2D eigenvalue weighted by molar-refractivity contribution is 9.10. The highest BCUT2D eigenvalue weighted by Crippen LogP contribution is 2.25. The minimum atomic E-state index is -1.28. The van der Waals surface area contributed by atoms with Crippen molar-refractivity contribution in [2.24, 2.45) is 0 Å². The number of aromatic carboxylic acids is 1. The Hall–Kier alpha value is -2.55. The molecule has 0 amide bonds. The van der Waals surface area contributed by atoms with Gasteiger partial charge in [0.1, 0.15) is 10.2 Å².